The molecular formula is C24H28O. The smallest absolute Gasteiger partial charge is 0.0948 e. The van der Waals surface area contributed by atoms with Crippen molar-refractivity contribution in [3.63, 3.8) is 0 Å². The third kappa shape index (κ3) is 5.93. The summed E-state index contributed by atoms with van der Waals surface area (Å²) in [5, 5.41) is 11.2. The highest BCUT2D eigenvalue weighted by Crippen LogP contribution is 2.29. The van der Waals surface area contributed by atoms with E-state index < -0.39 is 5.60 Å². The molecule has 0 amide bonds. The molecule has 2 rings (SSSR count). The Labute approximate surface area is 152 Å². The van der Waals surface area contributed by atoms with E-state index >= 15 is 0 Å². The van der Waals surface area contributed by atoms with Crippen molar-refractivity contribution in [2.75, 3.05) is 0 Å². The zero-order valence-electron chi connectivity index (χ0n) is 15.5. The van der Waals surface area contributed by atoms with Crippen molar-refractivity contribution < 1.29 is 5.11 Å². The highest BCUT2D eigenvalue weighted by molar-refractivity contribution is 5.62. The van der Waals surface area contributed by atoms with Crippen LogP contribution in [0.4, 0.5) is 0 Å². The first-order valence-electron chi connectivity index (χ1n) is 9.11. The normalized spacial score (nSPS) is 13.9. The molecule has 25 heavy (non-hydrogen) atoms. The molecule has 0 fully saturated rings. The van der Waals surface area contributed by atoms with Gasteiger partial charge in [0.1, 0.15) is 0 Å². The fourth-order valence-electron chi connectivity index (χ4n) is 2.95. The van der Waals surface area contributed by atoms with E-state index in [0.717, 1.165) is 36.0 Å². The van der Waals surface area contributed by atoms with E-state index in [9.17, 15) is 5.11 Å². The molecular weight excluding hydrogens is 304 g/mol. The van der Waals surface area contributed by atoms with Gasteiger partial charge in [0.25, 0.3) is 0 Å². The third-order valence-corrected chi connectivity index (χ3v) is 4.65. The first-order chi connectivity index (χ1) is 12.0. The van der Waals surface area contributed by atoms with E-state index in [-0.39, 0.29) is 0 Å². The van der Waals surface area contributed by atoms with Gasteiger partial charge in [-0.3, -0.25) is 0 Å². The number of rotatable bonds is 6. The molecule has 0 aliphatic rings. The first kappa shape index (κ1) is 19.0. The Kier molecular flexibility index (Phi) is 7.04. The van der Waals surface area contributed by atoms with Crippen molar-refractivity contribution >= 4 is 6.08 Å². The maximum Gasteiger partial charge on any atom is 0.0948 e. The van der Waals surface area contributed by atoms with Crippen LogP contribution in [-0.2, 0) is 0 Å². The van der Waals surface area contributed by atoms with E-state index in [1.54, 1.807) is 0 Å². The average molecular weight is 332 g/mol. The molecule has 0 radical (unpaired) electrons. The van der Waals surface area contributed by atoms with Crippen molar-refractivity contribution in [1.29, 1.82) is 0 Å². The van der Waals surface area contributed by atoms with Gasteiger partial charge in [-0.2, -0.15) is 0 Å². The maximum absolute atomic E-state index is 11.2. The molecule has 0 heterocycles. The van der Waals surface area contributed by atoms with Crippen LogP contribution in [0, 0.1) is 17.8 Å². The molecule has 0 saturated heterocycles. The minimum atomic E-state index is -0.936. The number of benzene rings is 2. The van der Waals surface area contributed by atoms with Crippen molar-refractivity contribution in [3.8, 4) is 11.8 Å². The Morgan fingerprint density at radius 1 is 1.00 bits per heavy atom. The predicted octanol–water partition coefficient (Wildman–Crippen LogP) is 5.70. The van der Waals surface area contributed by atoms with Crippen LogP contribution < -0.4 is 0 Å². The molecule has 130 valence electrons. The summed E-state index contributed by atoms with van der Waals surface area (Å²) >= 11 is 0. The van der Waals surface area contributed by atoms with Crippen LogP contribution in [0.5, 0.6) is 0 Å². The zero-order valence-corrected chi connectivity index (χ0v) is 15.5. The Hall–Kier alpha value is -2.30. The predicted molar refractivity (Wildman–Crippen MR) is 107 cm³/mol. The third-order valence-electron chi connectivity index (χ3n) is 4.65. The quantitative estimate of drug-likeness (QED) is 0.673. The lowest BCUT2D eigenvalue weighted by atomic mass is 9.83. The van der Waals surface area contributed by atoms with Gasteiger partial charge in [0, 0.05) is 11.1 Å². The van der Waals surface area contributed by atoms with Gasteiger partial charge in [-0.05, 0) is 43.0 Å². The highest BCUT2D eigenvalue weighted by atomic mass is 16.3. The van der Waals surface area contributed by atoms with Crippen LogP contribution >= 0.6 is 0 Å². The highest BCUT2D eigenvalue weighted by Gasteiger charge is 2.27. The summed E-state index contributed by atoms with van der Waals surface area (Å²) in [7, 11) is 0. The Morgan fingerprint density at radius 3 is 2.12 bits per heavy atom. The SMILES string of the molecule is CCC(CC)C[C@@](C)(O)/C(C#Cc1ccccc1)=C\c1ccccc1. The molecule has 0 bridgehead atoms. The molecule has 2 aromatic rings. The second-order valence-electron chi connectivity index (χ2n) is 6.75. The summed E-state index contributed by atoms with van der Waals surface area (Å²) in [6.45, 7) is 6.25. The van der Waals surface area contributed by atoms with Gasteiger partial charge in [-0.1, -0.05) is 87.1 Å². The topological polar surface area (TPSA) is 20.2 Å². The van der Waals surface area contributed by atoms with E-state index in [0.29, 0.717) is 5.92 Å². The average Bonchev–Trinajstić information content (AvgIpc) is 2.64. The first-order valence-corrected chi connectivity index (χ1v) is 9.11. The van der Waals surface area contributed by atoms with Crippen LogP contribution in [0.3, 0.4) is 0 Å². The van der Waals surface area contributed by atoms with Crippen LogP contribution in [-0.4, -0.2) is 10.7 Å². The van der Waals surface area contributed by atoms with Crippen molar-refractivity contribution in [2.45, 2.75) is 45.6 Å². The van der Waals surface area contributed by atoms with Gasteiger partial charge in [0.05, 0.1) is 5.60 Å². The molecule has 1 nitrogen and oxygen atoms in total. The standard InChI is InChI=1S/C24H28O/c1-4-20(5-2)19-24(3,25)23(18-22-14-10-7-11-15-22)17-16-21-12-8-6-9-13-21/h6-15,18,20,25H,4-5,19H2,1-3H3/b23-18-/t24-/m1/s1. The van der Waals surface area contributed by atoms with Gasteiger partial charge < -0.3 is 5.11 Å². The summed E-state index contributed by atoms with van der Waals surface area (Å²) < 4.78 is 0. The van der Waals surface area contributed by atoms with E-state index in [1.165, 1.54) is 0 Å². The lowest BCUT2D eigenvalue weighted by Gasteiger charge is -2.28. The maximum atomic E-state index is 11.2. The Morgan fingerprint density at radius 2 is 1.56 bits per heavy atom. The number of aliphatic hydroxyl groups is 1. The number of hydrogen-bond donors (Lipinski definition) is 1. The van der Waals surface area contributed by atoms with E-state index in [4.69, 9.17) is 0 Å². The molecule has 1 heteroatoms. The van der Waals surface area contributed by atoms with Gasteiger partial charge >= 0.3 is 0 Å². The van der Waals surface area contributed by atoms with Gasteiger partial charge in [-0.15, -0.1) is 0 Å². The van der Waals surface area contributed by atoms with Gasteiger partial charge in [0.2, 0.25) is 0 Å². The molecule has 0 saturated carbocycles. The fraction of sp³-hybridized carbons (Fsp3) is 0.333. The van der Waals surface area contributed by atoms with Gasteiger partial charge in [0.15, 0.2) is 0 Å². The van der Waals surface area contributed by atoms with E-state index in [2.05, 4.69) is 25.7 Å². The molecule has 0 aromatic heterocycles. The fourth-order valence-corrected chi connectivity index (χ4v) is 2.95. The largest absolute Gasteiger partial charge is 0.385 e. The molecule has 0 aliphatic heterocycles. The molecule has 0 spiro atoms. The van der Waals surface area contributed by atoms with Crippen LogP contribution in [0.2, 0.25) is 0 Å². The van der Waals surface area contributed by atoms with Gasteiger partial charge in [-0.25, -0.2) is 0 Å². The summed E-state index contributed by atoms with van der Waals surface area (Å²) in [6.07, 6.45) is 4.87. The van der Waals surface area contributed by atoms with E-state index in [1.807, 2.05) is 73.7 Å². The Bertz CT molecular complexity index is 726. The second kappa shape index (κ2) is 9.25. The van der Waals surface area contributed by atoms with Crippen molar-refractivity contribution in [1.82, 2.24) is 0 Å². The molecule has 1 atom stereocenters. The molecule has 0 aliphatic carbocycles. The summed E-state index contributed by atoms with van der Waals surface area (Å²) in [4.78, 5) is 0. The molecule has 0 unspecified atom stereocenters. The second-order valence-corrected chi connectivity index (χ2v) is 6.75. The van der Waals surface area contributed by atoms with Crippen molar-refractivity contribution in [2.24, 2.45) is 5.92 Å². The monoisotopic (exact) mass is 332 g/mol. The summed E-state index contributed by atoms with van der Waals surface area (Å²) in [5.74, 6) is 6.93. The minimum Gasteiger partial charge on any atom is -0.385 e. The minimum absolute atomic E-state index is 0.493. The van der Waals surface area contributed by atoms with Crippen molar-refractivity contribution in [3.05, 3.63) is 77.4 Å². The lowest BCUT2D eigenvalue weighted by Crippen LogP contribution is -2.29. The lowest BCUT2D eigenvalue weighted by molar-refractivity contribution is 0.0736. The Balaban J connectivity index is 2.38. The molecule has 2 aromatic carbocycles. The summed E-state index contributed by atoms with van der Waals surface area (Å²) in [6, 6.07) is 20.0. The number of hydrogen-bond acceptors (Lipinski definition) is 1. The molecule has 1 N–H and O–H groups in total. The summed E-state index contributed by atoms with van der Waals surface area (Å²) in [5.41, 5.74) is 1.85. The van der Waals surface area contributed by atoms with Crippen LogP contribution in [0.1, 0.15) is 51.2 Å². The van der Waals surface area contributed by atoms with Crippen LogP contribution in [0.25, 0.3) is 6.08 Å². The zero-order chi connectivity index (χ0) is 18.1. The van der Waals surface area contributed by atoms with Crippen LogP contribution in [0.15, 0.2) is 66.2 Å².